The second-order valence-electron chi connectivity index (χ2n) is 6.97. The van der Waals surface area contributed by atoms with E-state index in [1.54, 1.807) is 0 Å². The largest absolute Gasteiger partial charge is 0.338 e. The van der Waals surface area contributed by atoms with Crippen molar-refractivity contribution in [2.75, 3.05) is 18.4 Å². The second kappa shape index (κ2) is 7.62. The Morgan fingerprint density at radius 1 is 0.889 bits per heavy atom. The minimum atomic E-state index is -0.183. The van der Waals surface area contributed by atoms with Crippen molar-refractivity contribution in [1.82, 2.24) is 4.90 Å². The van der Waals surface area contributed by atoms with Crippen molar-refractivity contribution in [3.8, 4) is 0 Å². The van der Waals surface area contributed by atoms with Gasteiger partial charge in [-0.1, -0.05) is 54.6 Å². The number of likely N-dealkylation sites (tertiary alicyclic amines) is 1. The summed E-state index contributed by atoms with van der Waals surface area (Å²) < 4.78 is 0. The lowest BCUT2D eigenvalue weighted by atomic mass is 9.95. The SMILES string of the molecule is O=C(Nc1ccccc1)[C@H]1CCCN(C(=O)c2cccc3ccccc23)C1. The number of carbonyl (C=O) groups excluding carboxylic acids is 2. The lowest BCUT2D eigenvalue weighted by Crippen LogP contribution is -2.43. The molecule has 1 fully saturated rings. The average molecular weight is 358 g/mol. The fourth-order valence-corrected chi connectivity index (χ4v) is 3.72. The maximum Gasteiger partial charge on any atom is 0.254 e. The molecule has 0 saturated carbocycles. The third kappa shape index (κ3) is 3.70. The van der Waals surface area contributed by atoms with Crippen molar-refractivity contribution < 1.29 is 9.59 Å². The molecule has 1 aliphatic heterocycles. The van der Waals surface area contributed by atoms with Crippen LogP contribution in [0.25, 0.3) is 10.8 Å². The van der Waals surface area contributed by atoms with E-state index in [0.717, 1.165) is 29.3 Å². The molecule has 3 aromatic carbocycles. The van der Waals surface area contributed by atoms with Gasteiger partial charge in [0.1, 0.15) is 0 Å². The first-order valence-electron chi connectivity index (χ1n) is 9.35. The maximum atomic E-state index is 13.1. The van der Waals surface area contributed by atoms with Crippen LogP contribution in [-0.4, -0.2) is 29.8 Å². The highest BCUT2D eigenvalue weighted by molar-refractivity contribution is 6.07. The van der Waals surface area contributed by atoms with Crippen LogP contribution in [0.2, 0.25) is 0 Å². The third-order valence-electron chi connectivity index (χ3n) is 5.14. The Balaban J connectivity index is 1.50. The second-order valence-corrected chi connectivity index (χ2v) is 6.97. The highest BCUT2D eigenvalue weighted by Crippen LogP contribution is 2.24. The van der Waals surface area contributed by atoms with Gasteiger partial charge < -0.3 is 10.2 Å². The molecule has 3 aromatic rings. The Labute approximate surface area is 158 Å². The van der Waals surface area contributed by atoms with Gasteiger partial charge in [-0.25, -0.2) is 0 Å². The first kappa shape index (κ1) is 17.3. The van der Waals surface area contributed by atoms with Crippen LogP contribution in [0.4, 0.5) is 5.69 Å². The Morgan fingerprint density at radius 2 is 1.63 bits per heavy atom. The van der Waals surface area contributed by atoms with Gasteiger partial charge in [0.2, 0.25) is 5.91 Å². The van der Waals surface area contributed by atoms with Gasteiger partial charge in [0.15, 0.2) is 0 Å². The van der Waals surface area contributed by atoms with Gasteiger partial charge in [-0.3, -0.25) is 9.59 Å². The molecule has 1 heterocycles. The van der Waals surface area contributed by atoms with E-state index in [0.29, 0.717) is 18.7 Å². The number of anilines is 1. The smallest absolute Gasteiger partial charge is 0.254 e. The molecule has 1 atom stereocenters. The zero-order chi connectivity index (χ0) is 18.6. The summed E-state index contributed by atoms with van der Waals surface area (Å²) in [6.45, 7) is 1.15. The molecule has 0 bridgehead atoms. The molecule has 1 saturated heterocycles. The molecular formula is C23H22N2O2. The number of fused-ring (bicyclic) bond motifs is 1. The number of rotatable bonds is 3. The number of carbonyl (C=O) groups is 2. The zero-order valence-electron chi connectivity index (χ0n) is 15.1. The van der Waals surface area contributed by atoms with Crippen molar-refractivity contribution in [2.45, 2.75) is 12.8 Å². The lowest BCUT2D eigenvalue weighted by Gasteiger charge is -2.32. The van der Waals surface area contributed by atoms with Crippen LogP contribution in [0.15, 0.2) is 72.8 Å². The summed E-state index contributed by atoms with van der Waals surface area (Å²) in [5.74, 6) is -0.196. The summed E-state index contributed by atoms with van der Waals surface area (Å²) >= 11 is 0. The van der Waals surface area contributed by atoms with Crippen LogP contribution in [-0.2, 0) is 4.79 Å². The standard InChI is InChI=1S/C23H22N2O2/c26-22(24-19-11-2-1-3-12-19)18-10-7-15-25(16-18)23(27)21-14-6-9-17-8-4-5-13-20(17)21/h1-6,8-9,11-14,18H,7,10,15-16H2,(H,24,26)/t18-/m0/s1. The number of hydrogen-bond acceptors (Lipinski definition) is 2. The first-order valence-corrected chi connectivity index (χ1v) is 9.35. The van der Waals surface area contributed by atoms with Gasteiger partial charge in [0, 0.05) is 24.3 Å². The number of amides is 2. The molecule has 2 amide bonds. The lowest BCUT2D eigenvalue weighted by molar-refractivity contribution is -0.121. The van der Waals surface area contributed by atoms with Gasteiger partial charge in [0.05, 0.1) is 5.92 Å². The quantitative estimate of drug-likeness (QED) is 0.757. The monoisotopic (exact) mass is 358 g/mol. The van der Waals surface area contributed by atoms with Gasteiger partial charge in [-0.15, -0.1) is 0 Å². The van der Waals surface area contributed by atoms with E-state index in [1.165, 1.54) is 0 Å². The number of para-hydroxylation sites is 1. The summed E-state index contributed by atoms with van der Waals surface area (Å²) in [4.78, 5) is 27.6. The number of nitrogens with one attached hydrogen (secondary N) is 1. The van der Waals surface area contributed by atoms with E-state index in [9.17, 15) is 9.59 Å². The van der Waals surface area contributed by atoms with Gasteiger partial charge >= 0.3 is 0 Å². The van der Waals surface area contributed by atoms with Crippen LogP contribution in [0.1, 0.15) is 23.2 Å². The van der Waals surface area contributed by atoms with Crippen molar-refractivity contribution in [3.05, 3.63) is 78.4 Å². The minimum absolute atomic E-state index is 0.00371. The highest BCUT2D eigenvalue weighted by atomic mass is 16.2. The molecule has 0 radical (unpaired) electrons. The van der Waals surface area contributed by atoms with E-state index in [-0.39, 0.29) is 17.7 Å². The maximum absolute atomic E-state index is 13.1. The van der Waals surface area contributed by atoms with Crippen molar-refractivity contribution in [3.63, 3.8) is 0 Å². The van der Waals surface area contributed by atoms with E-state index >= 15 is 0 Å². The van der Waals surface area contributed by atoms with Gasteiger partial charge in [-0.2, -0.15) is 0 Å². The highest BCUT2D eigenvalue weighted by Gasteiger charge is 2.29. The number of piperidine rings is 1. The number of hydrogen-bond donors (Lipinski definition) is 1. The van der Waals surface area contributed by atoms with Crippen LogP contribution < -0.4 is 5.32 Å². The van der Waals surface area contributed by atoms with Crippen LogP contribution >= 0.6 is 0 Å². The molecule has 0 aromatic heterocycles. The van der Waals surface area contributed by atoms with Crippen molar-refractivity contribution in [2.24, 2.45) is 5.92 Å². The van der Waals surface area contributed by atoms with Crippen molar-refractivity contribution >= 4 is 28.3 Å². The molecule has 0 spiro atoms. The van der Waals surface area contributed by atoms with E-state index in [1.807, 2.05) is 77.7 Å². The summed E-state index contributed by atoms with van der Waals surface area (Å²) in [6, 6.07) is 23.2. The Bertz CT molecular complexity index is 963. The predicted octanol–water partition coefficient (Wildman–Crippen LogP) is 4.33. The molecule has 1 N–H and O–H groups in total. The fraction of sp³-hybridized carbons (Fsp3) is 0.217. The molecular weight excluding hydrogens is 336 g/mol. The summed E-state index contributed by atoms with van der Waals surface area (Å²) in [5.41, 5.74) is 1.50. The Morgan fingerprint density at radius 3 is 2.48 bits per heavy atom. The minimum Gasteiger partial charge on any atom is -0.338 e. The molecule has 136 valence electrons. The Kier molecular flexibility index (Phi) is 4.88. The van der Waals surface area contributed by atoms with E-state index in [2.05, 4.69) is 5.32 Å². The van der Waals surface area contributed by atoms with Crippen LogP contribution in [0.3, 0.4) is 0 Å². The normalized spacial score (nSPS) is 16.9. The summed E-state index contributed by atoms with van der Waals surface area (Å²) in [7, 11) is 0. The van der Waals surface area contributed by atoms with Crippen molar-refractivity contribution in [1.29, 1.82) is 0 Å². The zero-order valence-corrected chi connectivity index (χ0v) is 15.1. The molecule has 1 aliphatic rings. The van der Waals surface area contributed by atoms with E-state index in [4.69, 9.17) is 0 Å². The molecule has 4 rings (SSSR count). The van der Waals surface area contributed by atoms with Crippen LogP contribution in [0.5, 0.6) is 0 Å². The number of nitrogens with zero attached hydrogens (tertiary/aromatic N) is 1. The Hall–Kier alpha value is -3.14. The van der Waals surface area contributed by atoms with Crippen LogP contribution in [0, 0.1) is 5.92 Å². The van der Waals surface area contributed by atoms with Gasteiger partial charge in [0.25, 0.3) is 5.91 Å². The summed E-state index contributed by atoms with van der Waals surface area (Å²) in [6.07, 6.45) is 1.64. The molecule has 27 heavy (non-hydrogen) atoms. The first-order chi connectivity index (χ1) is 13.2. The van der Waals surface area contributed by atoms with E-state index < -0.39 is 0 Å². The average Bonchev–Trinajstić information content (AvgIpc) is 2.73. The fourth-order valence-electron chi connectivity index (χ4n) is 3.72. The predicted molar refractivity (Wildman–Crippen MR) is 108 cm³/mol. The molecule has 0 aliphatic carbocycles. The third-order valence-corrected chi connectivity index (χ3v) is 5.14. The number of benzene rings is 3. The molecule has 4 heteroatoms. The summed E-state index contributed by atoms with van der Waals surface area (Å²) in [5, 5.41) is 4.98. The topological polar surface area (TPSA) is 49.4 Å². The van der Waals surface area contributed by atoms with Gasteiger partial charge in [-0.05, 0) is 41.8 Å². The molecule has 0 unspecified atom stereocenters. The molecule has 4 nitrogen and oxygen atoms in total.